The lowest BCUT2D eigenvalue weighted by atomic mass is 10.3. The van der Waals surface area contributed by atoms with Crippen LogP contribution in [0.25, 0.3) is 0 Å². The van der Waals surface area contributed by atoms with E-state index in [0.717, 1.165) is 12.3 Å². The lowest BCUT2D eigenvalue weighted by Crippen LogP contribution is -2.28. The van der Waals surface area contributed by atoms with Crippen molar-refractivity contribution in [3.8, 4) is 0 Å². The zero-order chi connectivity index (χ0) is 19.5. The number of aromatic nitrogens is 4. The average Bonchev–Trinajstić information content (AvgIpc) is 3.14. The molecule has 1 N–H and O–H groups in total. The fraction of sp³-hybridized carbons (Fsp3) is 0.500. The molecule has 0 radical (unpaired) electrons. The summed E-state index contributed by atoms with van der Waals surface area (Å²) in [5, 5.41) is 20.7. The van der Waals surface area contributed by atoms with Crippen LogP contribution < -0.4 is 5.32 Å². The van der Waals surface area contributed by atoms with Crippen molar-refractivity contribution in [2.24, 2.45) is 0 Å². The van der Waals surface area contributed by atoms with E-state index in [9.17, 15) is 28.1 Å². The van der Waals surface area contributed by atoms with Gasteiger partial charge in [-0.2, -0.15) is 23.4 Å². The third kappa shape index (κ3) is 4.18. The highest BCUT2D eigenvalue weighted by atomic mass is 19.4. The van der Waals surface area contributed by atoms with E-state index in [2.05, 4.69) is 15.5 Å². The molecule has 0 unspecified atom stereocenters. The predicted octanol–water partition coefficient (Wildman–Crippen LogP) is 2.16. The van der Waals surface area contributed by atoms with Gasteiger partial charge in [0.05, 0.1) is 4.92 Å². The van der Waals surface area contributed by atoms with E-state index in [1.54, 1.807) is 6.92 Å². The number of alkyl halides is 3. The summed E-state index contributed by atoms with van der Waals surface area (Å²) < 4.78 is 40.2. The van der Waals surface area contributed by atoms with E-state index >= 15 is 0 Å². The van der Waals surface area contributed by atoms with Crippen molar-refractivity contribution in [1.82, 2.24) is 24.9 Å². The van der Waals surface area contributed by atoms with Gasteiger partial charge in [0.1, 0.15) is 6.20 Å². The molecule has 0 aromatic carbocycles. The van der Waals surface area contributed by atoms with Crippen LogP contribution in [0.5, 0.6) is 0 Å². The summed E-state index contributed by atoms with van der Waals surface area (Å²) in [4.78, 5) is 22.4. The van der Waals surface area contributed by atoms with Crippen LogP contribution in [-0.2, 0) is 19.3 Å². The van der Waals surface area contributed by atoms with Gasteiger partial charge in [0, 0.05) is 25.3 Å². The van der Waals surface area contributed by atoms with Crippen molar-refractivity contribution in [3.63, 3.8) is 0 Å². The molecule has 0 saturated heterocycles. The van der Waals surface area contributed by atoms with E-state index in [1.807, 2.05) is 0 Å². The summed E-state index contributed by atoms with van der Waals surface area (Å²) in [6.07, 6.45) is -3.20. The number of nitrogens with zero attached hydrogens (tertiary/aromatic N) is 5. The van der Waals surface area contributed by atoms with Crippen molar-refractivity contribution in [2.75, 3.05) is 6.54 Å². The molecule has 0 saturated carbocycles. The Labute approximate surface area is 145 Å². The van der Waals surface area contributed by atoms with Gasteiger partial charge in [-0.05, 0) is 26.3 Å². The lowest BCUT2D eigenvalue weighted by molar-refractivity contribution is -0.385. The van der Waals surface area contributed by atoms with Gasteiger partial charge in [-0.15, -0.1) is 0 Å². The van der Waals surface area contributed by atoms with Gasteiger partial charge in [0.25, 0.3) is 5.91 Å². The maximum absolute atomic E-state index is 12.6. The number of hydrogen-bond donors (Lipinski definition) is 1. The number of nitrogens with one attached hydrogen (secondary N) is 1. The Kier molecular flexibility index (Phi) is 5.63. The number of carbonyl (C=O) groups is 1. The minimum Gasteiger partial charge on any atom is -0.350 e. The molecule has 142 valence electrons. The molecular formula is C14H17F3N6O3. The summed E-state index contributed by atoms with van der Waals surface area (Å²) in [5.41, 5.74) is -1.18. The quantitative estimate of drug-likeness (QED) is 0.454. The molecule has 2 aromatic rings. The van der Waals surface area contributed by atoms with Crippen LogP contribution in [0.2, 0.25) is 0 Å². The molecule has 9 nitrogen and oxygen atoms in total. The Morgan fingerprint density at radius 1 is 1.38 bits per heavy atom. The highest BCUT2D eigenvalue weighted by Crippen LogP contribution is 2.28. The number of nitro groups is 1. The number of hydrogen-bond acceptors (Lipinski definition) is 5. The Bertz CT molecular complexity index is 811. The SMILES string of the molecule is CCn1ncc([N+](=O)[O-])c1C(=O)NCCCn1nc(C(F)(F)F)cc1C. The molecule has 0 fully saturated rings. The molecule has 0 spiro atoms. The first kappa shape index (κ1) is 19.4. The standard InChI is InChI=1S/C14H17F3N6O3/c1-3-21-12(10(8-19-21)23(25)26)13(24)18-5-4-6-22-9(2)7-11(20-22)14(15,16)17/h7-8H,3-6H2,1-2H3,(H,18,24). The molecule has 0 aliphatic rings. The minimum absolute atomic E-state index is 0.117. The second-order valence-corrected chi connectivity index (χ2v) is 5.45. The molecular weight excluding hydrogens is 357 g/mol. The van der Waals surface area contributed by atoms with Gasteiger partial charge in [0.15, 0.2) is 5.69 Å². The van der Waals surface area contributed by atoms with E-state index < -0.39 is 28.4 Å². The summed E-state index contributed by atoms with van der Waals surface area (Å²) in [6, 6.07) is 0.946. The number of carbonyl (C=O) groups excluding carboxylic acids is 1. The molecule has 1 amide bonds. The van der Waals surface area contributed by atoms with Gasteiger partial charge < -0.3 is 5.32 Å². The fourth-order valence-corrected chi connectivity index (χ4v) is 2.37. The Morgan fingerprint density at radius 2 is 2.08 bits per heavy atom. The van der Waals surface area contributed by atoms with Crippen molar-refractivity contribution >= 4 is 11.6 Å². The van der Waals surface area contributed by atoms with Gasteiger partial charge in [-0.3, -0.25) is 24.3 Å². The van der Waals surface area contributed by atoms with Crippen LogP contribution in [0, 0.1) is 17.0 Å². The van der Waals surface area contributed by atoms with Gasteiger partial charge >= 0.3 is 11.9 Å². The number of aryl methyl sites for hydroxylation is 3. The molecule has 0 aliphatic carbocycles. The molecule has 0 atom stereocenters. The summed E-state index contributed by atoms with van der Waals surface area (Å²) in [5.74, 6) is -0.663. The van der Waals surface area contributed by atoms with Crippen molar-refractivity contribution in [1.29, 1.82) is 0 Å². The van der Waals surface area contributed by atoms with E-state index in [0.29, 0.717) is 12.1 Å². The molecule has 12 heteroatoms. The van der Waals surface area contributed by atoms with Crippen LogP contribution >= 0.6 is 0 Å². The normalized spacial score (nSPS) is 11.6. The number of amides is 1. The van der Waals surface area contributed by atoms with E-state index in [-0.39, 0.29) is 25.3 Å². The van der Waals surface area contributed by atoms with Crippen molar-refractivity contribution in [2.45, 2.75) is 39.5 Å². The topological polar surface area (TPSA) is 108 Å². The average molecular weight is 374 g/mol. The molecule has 0 aliphatic heterocycles. The van der Waals surface area contributed by atoms with Crippen LogP contribution in [0.1, 0.15) is 35.2 Å². The van der Waals surface area contributed by atoms with E-state index in [4.69, 9.17) is 0 Å². The monoisotopic (exact) mass is 374 g/mol. The van der Waals surface area contributed by atoms with E-state index in [1.165, 1.54) is 16.3 Å². The van der Waals surface area contributed by atoms with Crippen LogP contribution in [-0.4, -0.2) is 36.9 Å². The molecule has 2 heterocycles. The Morgan fingerprint density at radius 3 is 2.62 bits per heavy atom. The summed E-state index contributed by atoms with van der Waals surface area (Å²) in [7, 11) is 0. The van der Waals surface area contributed by atoms with Crippen LogP contribution in [0.3, 0.4) is 0 Å². The maximum atomic E-state index is 12.6. The second kappa shape index (κ2) is 7.54. The zero-order valence-electron chi connectivity index (χ0n) is 14.1. The Hall–Kier alpha value is -2.92. The van der Waals surface area contributed by atoms with Gasteiger partial charge in [-0.1, -0.05) is 0 Å². The molecule has 2 rings (SSSR count). The van der Waals surface area contributed by atoms with Crippen molar-refractivity contribution in [3.05, 3.63) is 39.5 Å². The second-order valence-electron chi connectivity index (χ2n) is 5.45. The highest BCUT2D eigenvalue weighted by molar-refractivity contribution is 5.96. The number of halogens is 3. The highest BCUT2D eigenvalue weighted by Gasteiger charge is 2.34. The fourth-order valence-electron chi connectivity index (χ4n) is 2.37. The van der Waals surface area contributed by atoms with Crippen molar-refractivity contribution < 1.29 is 22.9 Å². The van der Waals surface area contributed by atoms with Crippen LogP contribution in [0.15, 0.2) is 12.3 Å². The largest absolute Gasteiger partial charge is 0.435 e. The first-order valence-electron chi connectivity index (χ1n) is 7.75. The smallest absolute Gasteiger partial charge is 0.350 e. The minimum atomic E-state index is -4.51. The lowest BCUT2D eigenvalue weighted by Gasteiger charge is -2.08. The van der Waals surface area contributed by atoms with Crippen LogP contribution in [0.4, 0.5) is 18.9 Å². The first-order valence-corrected chi connectivity index (χ1v) is 7.75. The molecule has 0 bridgehead atoms. The molecule has 26 heavy (non-hydrogen) atoms. The van der Waals surface area contributed by atoms with Gasteiger partial charge in [-0.25, -0.2) is 0 Å². The van der Waals surface area contributed by atoms with Gasteiger partial charge in [0.2, 0.25) is 5.69 Å². The predicted molar refractivity (Wildman–Crippen MR) is 83.5 cm³/mol. The third-order valence-electron chi connectivity index (χ3n) is 3.64. The zero-order valence-corrected chi connectivity index (χ0v) is 14.1. The summed E-state index contributed by atoms with van der Waals surface area (Å²) in [6.45, 7) is 3.75. The third-order valence-corrected chi connectivity index (χ3v) is 3.64. The molecule has 2 aromatic heterocycles. The first-order chi connectivity index (χ1) is 12.1. The summed E-state index contributed by atoms with van der Waals surface area (Å²) >= 11 is 0. The number of rotatable bonds is 7. The maximum Gasteiger partial charge on any atom is 0.435 e. The Balaban J connectivity index is 1.95.